The van der Waals surface area contributed by atoms with Gasteiger partial charge >= 0.3 is 5.97 Å². The van der Waals surface area contributed by atoms with Crippen molar-refractivity contribution < 1.29 is 36.7 Å². The van der Waals surface area contributed by atoms with Crippen LogP contribution in [0.2, 0.25) is 0 Å². The van der Waals surface area contributed by atoms with Crippen LogP contribution in [-0.4, -0.2) is 58.0 Å². The molecule has 0 spiro atoms. The lowest BCUT2D eigenvalue weighted by molar-refractivity contribution is -0.145. The Bertz CT molecular complexity index is 1270. The number of fused-ring (bicyclic) bond motifs is 14. The quantitative estimate of drug-likeness (QED) is 0.448. The van der Waals surface area contributed by atoms with Crippen molar-refractivity contribution in [3.63, 3.8) is 0 Å². The van der Waals surface area contributed by atoms with Crippen LogP contribution in [0.15, 0.2) is 53.4 Å². The lowest BCUT2D eigenvalue weighted by atomic mass is 10.0. The van der Waals surface area contributed by atoms with Crippen LogP contribution < -0.4 is 20.1 Å². The van der Waals surface area contributed by atoms with Crippen LogP contribution in [0.3, 0.4) is 0 Å². The summed E-state index contributed by atoms with van der Waals surface area (Å²) in [5.41, 5.74) is 0.647. The van der Waals surface area contributed by atoms with Crippen molar-refractivity contribution >= 4 is 27.8 Å². The van der Waals surface area contributed by atoms with Crippen molar-refractivity contribution in [3.8, 4) is 5.75 Å². The van der Waals surface area contributed by atoms with Crippen LogP contribution in [-0.2, 0) is 35.6 Å². The van der Waals surface area contributed by atoms with E-state index in [9.17, 15) is 27.2 Å². The van der Waals surface area contributed by atoms with E-state index in [0.29, 0.717) is 37.2 Å². The number of esters is 1. The fraction of sp³-hybridized carbons (Fsp3) is 0.464. The zero-order chi connectivity index (χ0) is 29.3. The van der Waals surface area contributed by atoms with E-state index in [-0.39, 0.29) is 23.7 Å². The third-order valence-electron chi connectivity index (χ3n) is 6.40. The van der Waals surface area contributed by atoms with Crippen molar-refractivity contribution in [2.75, 3.05) is 13.7 Å². The SMILES string of the molecule is COC(=O)[C@@H]1CCCCOc2ccc(cc2)C[C@H](NS(=O)(=O)c2ccc(F)cc2)C(=O)N[C@@H](CC(C)C)C(=O)N1. The lowest BCUT2D eigenvalue weighted by Gasteiger charge is -2.26. The second kappa shape index (κ2) is 14.2. The van der Waals surface area contributed by atoms with Crippen LogP contribution in [0, 0.1) is 11.7 Å². The minimum atomic E-state index is -4.23. The van der Waals surface area contributed by atoms with Crippen molar-refractivity contribution in [1.29, 1.82) is 0 Å². The molecule has 12 heteroatoms. The van der Waals surface area contributed by atoms with Gasteiger partial charge in [-0.3, -0.25) is 9.59 Å². The number of sulfonamides is 1. The van der Waals surface area contributed by atoms with Crippen LogP contribution in [0.5, 0.6) is 5.75 Å². The van der Waals surface area contributed by atoms with Gasteiger partial charge in [0.05, 0.1) is 18.6 Å². The van der Waals surface area contributed by atoms with E-state index in [1.54, 1.807) is 24.3 Å². The number of ether oxygens (including phenoxy) is 2. The van der Waals surface area contributed by atoms with Gasteiger partial charge < -0.3 is 20.1 Å². The Morgan fingerprint density at radius 2 is 1.73 bits per heavy atom. The summed E-state index contributed by atoms with van der Waals surface area (Å²) < 4.78 is 52.7. The molecule has 0 aliphatic carbocycles. The number of rotatable bonds is 6. The first-order chi connectivity index (χ1) is 19.0. The summed E-state index contributed by atoms with van der Waals surface area (Å²) in [4.78, 5) is 39.0. The third-order valence-corrected chi connectivity index (χ3v) is 7.89. The summed E-state index contributed by atoms with van der Waals surface area (Å²) in [6.07, 6.45) is 1.72. The highest BCUT2D eigenvalue weighted by molar-refractivity contribution is 7.89. The number of hydrogen-bond donors (Lipinski definition) is 3. The number of methoxy groups -OCH3 is 1. The fourth-order valence-electron chi connectivity index (χ4n) is 4.29. The number of hydrogen-bond acceptors (Lipinski definition) is 7. The van der Waals surface area contributed by atoms with Crippen molar-refractivity contribution in [2.45, 2.75) is 69.0 Å². The average molecular weight is 578 g/mol. The first-order valence-electron chi connectivity index (χ1n) is 13.2. The van der Waals surface area contributed by atoms with Crippen molar-refractivity contribution in [2.24, 2.45) is 5.92 Å². The molecule has 0 unspecified atom stereocenters. The maximum atomic E-state index is 13.5. The predicted molar refractivity (Wildman–Crippen MR) is 145 cm³/mol. The number of carbonyl (C=O) groups excluding carboxylic acids is 3. The molecular formula is C28H36FN3O7S. The van der Waals surface area contributed by atoms with E-state index in [1.165, 1.54) is 7.11 Å². The molecule has 2 amide bonds. The van der Waals surface area contributed by atoms with E-state index < -0.39 is 51.7 Å². The highest BCUT2D eigenvalue weighted by atomic mass is 32.2. The molecule has 40 heavy (non-hydrogen) atoms. The molecule has 2 bridgehead atoms. The highest BCUT2D eigenvalue weighted by Gasteiger charge is 2.32. The van der Waals surface area contributed by atoms with E-state index in [1.807, 2.05) is 13.8 Å². The number of amides is 2. The molecule has 2 heterocycles. The molecule has 4 rings (SSSR count). The Hall–Kier alpha value is -3.51. The minimum absolute atomic E-state index is 0.0132. The van der Waals surface area contributed by atoms with Crippen LogP contribution in [0.1, 0.15) is 45.1 Å². The lowest BCUT2D eigenvalue weighted by Crippen LogP contribution is -2.56. The molecular weight excluding hydrogens is 541 g/mol. The Labute approximate surface area is 234 Å². The molecule has 3 atom stereocenters. The van der Waals surface area contributed by atoms with Gasteiger partial charge in [-0.05, 0) is 80.0 Å². The maximum Gasteiger partial charge on any atom is 0.328 e. The van der Waals surface area contributed by atoms with E-state index >= 15 is 0 Å². The van der Waals surface area contributed by atoms with Gasteiger partial charge in [-0.1, -0.05) is 26.0 Å². The van der Waals surface area contributed by atoms with Gasteiger partial charge in [0.1, 0.15) is 29.7 Å². The molecule has 218 valence electrons. The maximum absolute atomic E-state index is 13.5. The summed E-state index contributed by atoms with van der Waals surface area (Å²) in [6, 6.07) is 7.84. The Kier molecular flexibility index (Phi) is 11.0. The predicted octanol–water partition coefficient (Wildman–Crippen LogP) is 2.47. The van der Waals surface area contributed by atoms with Crippen LogP contribution >= 0.6 is 0 Å². The molecule has 2 aromatic carbocycles. The smallest absolute Gasteiger partial charge is 0.328 e. The molecule has 2 aromatic rings. The van der Waals surface area contributed by atoms with Gasteiger partial charge in [-0.15, -0.1) is 0 Å². The summed E-state index contributed by atoms with van der Waals surface area (Å²) in [7, 11) is -3.00. The number of carbonyl (C=O) groups is 3. The van der Waals surface area contributed by atoms with E-state index in [0.717, 1.165) is 24.3 Å². The van der Waals surface area contributed by atoms with Crippen LogP contribution in [0.25, 0.3) is 0 Å². The third kappa shape index (κ3) is 9.02. The molecule has 2 aliphatic heterocycles. The van der Waals surface area contributed by atoms with Gasteiger partial charge in [0, 0.05) is 0 Å². The van der Waals surface area contributed by atoms with E-state index in [2.05, 4.69) is 15.4 Å². The number of halogens is 1. The summed E-state index contributed by atoms with van der Waals surface area (Å²) in [6.45, 7) is 4.13. The minimum Gasteiger partial charge on any atom is -0.494 e. The monoisotopic (exact) mass is 577 g/mol. The molecule has 0 saturated heterocycles. The standard InChI is InChI=1S/C28H36FN3O7S/c1-18(2)16-24-26(33)30-23(28(35)38-3)6-4-5-15-39-21-11-7-19(8-12-21)17-25(27(34)31-24)32-40(36,37)22-13-9-20(29)10-14-22/h7-14,18,23-25,32H,4-6,15-17H2,1-3H3,(H,30,33)(H,31,34)/t23-,24-,25-/m0/s1. The molecule has 0 fully saturated rings. The summed E-state index contributed by atoms with van der Waals surface area (Å²) >= 11 is 0. The highest BCUT2D eigenvalue weighted by Crippen LogP contribution is 2.17. The van der Waals surface area contributed by atoms with Gasteiger partial charge in [-0.2, -0.15) is 4.72 Å². The van der Waals surface area contributed by atoms with Gasteiger partial charge in [0.25, 0.3) is 0 Å². The van der Waals surface area contributed by atoms with E-state index in [4.69, 9.17) is 9.47 Å². The number of nitrogens with one attached hydrogen (secondary N) is 3. The second-order valence-electron chi connectivity index (χ2n) is 10.1. The zero-order valence-electron chi connectivity index (χ0n) is 22.8. The fourth-order valence-corrected chi connectivity index (χ4v) is 5.49. The van der Waals surface area contributed by atoms with Crippen molar-refractivity contribution in [1.82, 2.24) is 15.4 Å². The first kappa shape index (κ1) is 31.0. The summed E-state index contributed by atoms with van der Waals surface area (Å²) in [5.74, 6) is -1.95. The van der Waals surface area contributed by atoms with Gasteiger partial charge in [-0.25, -0.2) is 17.6 Å². The van der Waals surface area contributed by atoms with Crippen LogP contribution in [0.4, 0.5) is 4.39 Å². The Morgan fingerprint density at radius 3 is 2.35 bits per heavy atom. The molecule has 0 aromatic heterocycles. The second-order valence-corrected chi connectivity index (χ2v) is 11.8. The Balaban J connectivity index is 1.95. The number of benzene rings is 2. The molecule has 2 aliphatic rings. The molecule has 3 N–H and O–H groups in total. The molecule has 10 nitrogen and oxygen atoms in total. The summed E-state index contributed by atoms with van der Waals surface area (Å²) in [5, 5.41) is 5.36. The topological polar surface area (TPSA) is 140 Å². The van der Waals surface area contributed by atoms with Gasteiger partial charge in [0.15, 0.2) is 0 Å². The van der Waals surface area contributed by atoms with Gasteiger partial charge in [0.2, 0.25) is 21.8 Å². The zero-order valence-corrected chi connectivity index (χ0v) is 23.6. The Morgan fingerprint density at radius 1 is 1.05 bits per heavy atom. The molecule has 0 radical (unpaired) electrons. The normalized spacial score (nSPS) is 21.2. The van der Waals surface area contributed by atoms with Crippen molar-refractivity contribution in [3.05, 3.63) is 59.9 Å². The largest absolute Gasteiger partial charge is 0.494 e. The molecule has 0 saturated carbocycles. The first-order valence-corrected chi connectivity index (χ1v) is 14.6. The average Bonchev–Trinajstić information content (AvgIpc) is 2.91.